The molecular formula is C17H21N7O. The topological polar surface area (TPSA) is 84.6 Å². The quantitative estimate of drug-likeness (QED) is 0.779. The van der Waals surface area contributed by atoms with Crippen molar-refractivity contribution in [3.8, 4) is 0 Å². The van der Waals surface area contributed by atoms with Gasteiger partial charge in [0.2, 0.25) is 0 Å². The third kappa shape index (κ3) is 2.13. The van der Waals surface area contributed by atoms with Crippen LogP contribution >= 0.6 is 0 Å². The summed E-state index contributed by atoms with van der Waals surface area (Å²) in [7, 11) is 3.79. The van der Waals surface area contributed by atoms with Crippen LogP contribution in [-0.4, -0.2) is 35.8 Å². The van der Waals surface area contributed by atoms with Crippen molar-refractivity contribution in [1.82, 2.24) is 29.3 Å². The van der Waals surface area contributed by atoms with Crippen molar-refractivity contribution in [2.75, 3.05) is 11.4 Å². The second-order valence-corrected chi connectivity index (χ2v) is 7.23. The maximum Gasteiger partial charge on any atom is 0.343 e. The van der Waals surface area contributed by atoms with E-state index >= 15 is 0 Å². The average Bonchev–Trinajstić information content (AvgIpc) is 3.14. The molecule has 8 heteroatoms. The summed E-state index contributed by atoms with van der Waals surface area (Å²) >= 11 is 0. The van der Waals surface area contributed by atoms with Crippen LogP contribution < -0.4 is 10.6 Å². The third-order valence-electron chi connectivity index (χ3n) is 5.73. The highest BCUT2D eigenvalue weighted by molar-refractivity contribution is 5.86. The largest absolute Gasteiger partial charge is 0.344 e. The van der Waals surface area contributed by atoms with E-state index in [1.165, 1.54) is 12.8 Å². The number of imidazole rings is 1. The number of rotatable bonds is 3. The minimum atomic E-state index is -0.164. The zero-order chi connectivity index (χ0) is 17.1. The Bertz CT molecular complexity index is 996. The SMILES string of the molecule is Cn1c(C2C(C3CC3)CCN2c2nccc3ncn(C)c23)n[nH]c1=O. The van der Waals surface area contributed by atoms with Crippen molar-refractivity contribution in [1.29, 1.82) is 0 Å². The zero-order valence-corrected chi connectivity index (χ0v) is 14.4. The molecule has 3 aromatic heterocycles. The number of nitrogens with one attached hydrogen (secondary N) is 1. The van der Waals surface area contributed by atoms with Crippen LogP contribution in [0.2, 0.25) is 0 Å². The van der Waals surface area contributed by atoms with E-state index in [-0.39, 0.29) is 11.7 Å². The lowest BCUT2D eigenvalue weighted by atomic mass is 9.94. The molecule has 2 fully saturated rings. The molecule has 1 aliphatic heterocycles. The zero-order valence-electron chi connectivity index (χ0n) is 14.4. The van der Waals surface area contributed by atoms with Crippen molar-refractivity contribution < 1.29 is 0 Å². The van der Waals surface area contributed by atoms with Crippen LogP contribution in [0.3, 0.4) is 0 Å². The molecule has 2 unspecified atom stereocenters. The first-order chi connectivity index (χ1) is 12.1. The van der Waals surface area contributed by atoms with Gasteiger partial charge < -0.3 is 9.47 Å². The number of pyridine rings is 1. The van der Waals surface area contributed by atoms with Crippen molar-refractivity contribution in [2.45, 2.75) is 25.3 Å². The molecule has 3 aromatic rings. The number of aromatic amines is 1. The van der Waals surface area contributed by atoms with E-state index in [4.69, 9.17) is 0 Å². The highest BCUT2D eigenvalue weighted by Gasteiger charge is 2.46. The molecule has 0 bridgehead atoms. The summed E-state index contributed by atoms with van der Waals surface area (Å²) in [6.07, 6.45) is 7.29. The van der Waals surface area contributed by atoms with Crippen LogP contribution in [0.1, 0.15) is 31.1 Å². The summed E-state index contributed by atoms with van der Waals surface area (Å²) in [4.78, 5) is 23.4. The first-order valence-corrected chi connectivity index (χ1v) is 8.79. The fraction of sp³-hybridized carbons (Fsp3) is 0.529. The Labute approximate surface area is 144 Å². The Kier molecular flexibility index (Phi) is 3.04. The second kappa shape index (κ2) is 5.18. The van der Waals surface area contributed by atoms with Gasteiger partial charge >= 0.3 is 5.69 Å². The van der Waals surface area contributed by atoms with Gasteiger partial charge in [0.15, 0.2) is 11.6 Å². The molecule has 2 atom stereocenters. The van der Waals surface area contributed by atoms with Crippen molar-refractivity contribution in [3.05, 3.63) is 34.9 Å². The number of fused-ring (bicyclic) bond motifs is 1. The maximum absolute atomic E-state index is 12.0. The van der Waals surface area contributed by atoms with Gasteiger partial charge in [0.05, 0.1) is 17.9 Å². The Balaban J connectivity index is 1.67. The lowest BCUT2D eigenvalue weighted by Crippen LogP contribution is -2.30. The predicted octanol–water partition coefficient (Wildman–Crippen LogP) is 1.37. The first-order valence-electron chi connectivity index (χ1n) is 8.79. The summed E-state index contributed by atoms with van der Waals surface area (Å²) in [5.74, 6) is 2.98. The van der Waals surface area contributed by atoms with Crippen LogP contribution in [0.25, 0.3) is 11.0 Å². The first kappa shape index (κ1) is 14.7. The third-order valence-corrected chi connectivity index (χ3v) is 5.73. The molecule has 2 aliphatic rings. The van der Waals surface area contributed by atoms with Crippen LogP contribution in [0, 0.1) is 11.8 Å². The predicted molar refractivity (Wildman–Crippen MR) is 93.3 cm³/mol. The number of anilines is 1. The Morgan fingerprint density at radius 3 is 2.76 bits per heavy atom. The number of aryl methyl sites for hydroxylation is 1. The summed E-state index contributed by atoms with van der Waals surface area (Å²) in [5.41, 5.74) is 1.81. The Hall–Kier alpha value is -2.64. The monoisotopic (exact) mass is 339 g/mol. The standard InChI is InChI=1S/C17H21N7O/c1-22-9-19-12-5-7-18-15(14(12)22)24-8-6-11(10-3-4-10)13(24)16-20-21-17(25)23(16)2/h5,7,9-11,13H,3-4,6,8H2,1-2H3,(H,21,25). The molecule has 25 heavy (non-hydrogen) atoms. The van der Waals surface area contributed by atoms with Gasteiger partial charge in [0.1, 0.15) is 5.52 Å². The van der Waals surface area contributed by atoms with Crippen LogP contribution in [0.4, 0.5) is 5.82 Å². The van der Waals surface area contributed by atoms with Gasteiger partial charge in [-0.15, -0.1) is 0 Å². The van der Waals surface area contributed by atoms with Crippen molar-refractivity contribution in [3.63, 3.8) is 0 Å². The molecule has 1 aliphatic carbocycles. The molecule has 0 radical (unpaired) electrons. The van der Waals surface area contributed by atoms with E-state index in [0.717, 1.165) is 41.6 Å². The lowest BCUT2D eigenvalue weighted by Gasteiger charge is -2.28. The van der Waals surface area contributed by atoms with Gasteiger partial charge in [-0.2, -0.15) is 5.10 Å². The van der Waals surface area contributed by atoms with Crippen LogP contribution in [0.5, 0.6) is 0 Å². The molecule has 0 spiro atoms. The van der Waals surface area contributed by atoms with E-state index in [9.17, 15) is 4.79 Å². The fourth-order valence-corrected chi connectivity index (χ4v) is 4.32. The second-order valence-electron chi connectivity index (χ2n) is 7.23. The number of nitrogens with zero attached hydrogens (tertiary/aromatic N) is 6. The Morgan fingerprint density at radius 2 is 2.04 bits per heavy atom. The highest BCUT2D eigenvalue weighted by Crippen LogP contribution is 2.51. The van der Waals surface area contributed by atoms with Gasteiger partial charge in [0, 0.05) is 26.8 Å². The molecule has 8 nitrogen and oxygen atoms in total. The Morgan fingerprint density at radius 1 is 1.20 bits per heavy atom. The summed E-state index contributed by atoms with van der Waals surface area (Å²) in [6.45, 7) is 0.921. The highest BCUT2D eigenvalue weighted by atomic mass is 16.1. The fourth-order valence-electron chi connectivity index (χ4n) is 4.32. The minimum absolute atomic E-state index is 0.0736. The maximum atomic E-state index is 12.0. The van der Waals surface area contributed by atoms with Gasteiger partial charge in [-0.3, -0.25) is 4.57 Å². The molecule has 130 valence electrons. The lowest BCUT2D eigenvalue weighted by molar-refractivity contribution is 0.405. The van der Waals surface area contributed by atoms with E-state index in [0.29, 0.717) is 5.92 Å². The molecule has 1 N–H and O–H groups in total. The smallest absolute Gasteiger partial charge is 0.343 e. The molecule has 0 amide bonds. The number of H-pyrrole nitrogens is 1. The molecule has 0 aromatic carbocycles. The van der Waals surface area contributed by atoms with E-state index in [1.807, 2.05) is 30.2 Å². The average molecular weight is 339 g/mol. The normalized spacial score (nSPS) is 23.7. The summed E-state index contributed by atoms with van der Waals surface area (Å²) in [5, 5.41) is 6.96. The van der Waals surface area contributed by atoms with Crippen molar-refractivity contribution >= 4 is 16.9 Å². The summed E-state index contributed by atoms with van der Waals surface area (Å²) in [6, 6.07) is 2.01. The molecular weight excluding hydrogens is 318 g/mol. The van der Waals surface area contributed by atoms with Crippen LogP contribution in [0.15, 0.2) is 23.4 Å². The molecule has 5 rings (SSSR count). The van der Waals surface area contributed by atoms with Crippen LogP contribution in [-0.2, 0) is 14.1 Å². The van der Waals surface area contributed by atoms with Crippen molar-refractivity contribution in [2.24, 2.45) is 25.9 Å². The molecule has 1 saturated carbocycles. The minimum Gasteiger partial charge on any atom is -0.344 e. The van der Waals surface area contributed by atoms with E-state index in [2.05, 4.69) is 25.1 Å². The van der Waals surface area contributed by atoms with Gasteiger partial charge in [-0.05, 0) is 37.2 Å². The number of hydrogen-bond donors (Lipinski definition) is 1. The van der Waals surface area contributed by atoms with E-state index < -0.39 is 0 Å². The number of hydrogen-bond acceptors (Lipinski definition) is 5. The van der Waals surface area contributed by atoms with E-state index in [1.54, 1.807) is 11.6 Å². The molecule has 4 heterocycles. The van der Waals surface area contributed by atoms with Gasteiger partial charge in [-0.1, -0.05) is 0 Å². The van der Waals surface area contributed by atoms with Gasteiger partial charge in [-0.25, -0.2) is 19.9 Å². The summed E-state index contributed by atoms with van der Waals surface area (Å²) < 4.78 is 3.66. The number of aromatic nitrogens is 6. The van der Waals surface area contributed by atoms with Gasteiger partial charge in [0.25, 0.3) is 0 Å². The molecule has 1 saturated heterocycles.